The Morgan fingerprint density at radius 3 is 2.26 bits per heavy atom. The lowest BCUT2D eigenvalue weighted by atomic mass is 9.97. The maximum atomic E-state index is 11.4. The highest BCUT2D eigenvalue weighted by molar-refractivity contribution is 6.74. The van der Waals surface area contributed by atoms with Gasteiger partial charge in [0.2, 0.25) is 6.10 Å². The Bertz CT molecular complexity index is 375. The molecule has 0 bridgehead atoms. The van der Waals surface area contributed by atoms with Gasteiger partial charge in [0, 0.05) is 6.92 Å². The van der Waals surface area contributed by atoms with E-state index in [1.54, 1.807) is 0 Å². The molecule has 0 aromatic heterocycles. The first kappa shape index (κ1) is 16.2. The number of β-lactam (4-membered cyclic amide) rings is 1. The molecular formula is C13H25NO4Si. The van der Waals surface area contributed by atoms with Gasteiger partial charge in [0.1, 0.15) is 0 Å². The van der Waals surface area contributed by atoms with E-state index < -0.39 is 20.4 Å². The Hall–Kier alpha value is -0.883. The van der Waals surface area contributed by atoms with Gasteiger partial charge in [0.15, 0.2) is 8.32 Å². The van der Waals surface area contributed by atoms with Gasteiger partial charge < -0.3 is 14.5 Å². The monoisotopic (exact) mass is 287 g/mol. The predicted octanol–water partition coefficient (Wildman–Crippen LogP) is 1.83. The lowest BCUT2D eigenvalue weighted by molar-refractivity contribution is -0.167. The van der Waals surface area contributed by atoms with Crippen molar-refractivity contribution in [1.29, 1.82) is 0 Å². The normalized spacial score (nSPS) is 25.3. The molecular weight excluding hydrogens is 262 g/mol. The third-order valence-corrected chi connectivity index (χ3v) is 8.55. The highest BCUT2D eigenvalue weighted by Gasteiger charge is 2.48. The molecule has 19 heavy (non-hydrogen) atoms. The Morgan fingerprint density at radius 1 is 1.37 bits per heavy atom. The number of ether oxygens (including phenoxy) is 1. The molecule has 0 aromatic rings. The molecule has 6 heteroatoms. The average molecular weight is 287 g/mol. The molecule has 1 N–H and O–H groups in total. The van der Waals surface area contributed by atoms with Crippen LogP contribution in [-0.2, 0) is 18.8 Å². The fraction of sp³-hybridized carbons (Fsp3) is 0.846. The second-order valence-electron chi connectivity index (χ2n) is 6.65. The number of nitrogens with one attached hydrogen (secondary N) is 1. The van der Waals surface area contributed by atoms with Gasteiger partial charge in [0.25, 0.3) is 5.91 Å². The maximum Gasteiger partial charge on any atom is 0.303 e. The summed E-state index contributed by atoms with van der Waals surface area (Å²) in [5, 5.41) is 2.86. The number of carbonyl (C=O) groups is 2. The Labute approximate surface area is 116 Å². The van der Waals surface area contributed by atoms with E-state index in [9.17, 15) is 9.59 Å². The van der Waals surface area contributed by atoms with Crippen LogP contribution >= 0.6 is 0 Å². The van der Waals surface area contributed by atoms with E-state index in [1.807, 2.05) is 6.92 Å². The molecule has 0 radical (unpaired) electrons. The Kier molecular flexibility index (Phi) is 4.46. The van der Waals surface area contributed by atoms with Crippen molar-refractivity contribution in [3.8, 4) is 0 Å². The number of amides is 1. The fourth-order valence-corrected chi connectivity index (χ4v) is 3.20. The van der Waals surface area contributed by atoms with Crippen molar-refractivity contribution >= 4 is 20.2 Å². The van der Waals surface area contributed by atoms with E-state index in [-0.39, 0.29) is 23.1 Å². The lowest BCUT2D eigenvalue weighted by Crippen LogP contribution is -2.69. The number of hydrogen-bond acceptors (Lipinski definition) is 4. The minimum Gasteiger partial charge on any atom is -0.450 e. The summed E-state index contributed by atoms with van der Waals surface area (Å²) in [7, 11) is -1.90. The number of hydrogen-bond donors (Lipinski definition) is 1. The first-order valence-corrected chi connectivity index (χ1v) is 9.52. The van der Waals surface area contributed by atoms with Gasteiger partial charge in [-0.3, -0.25) is 9.59 Å². The molecule has 1 heterocycles. The maximum absolute atomic E-state index is 11.4. The summed E-state index contributed by atoms with van der Waals surface area (Å²) in [4.78, 5) is 22.4. The molecule has 3 atom stereocenters. The average Bonchev–Trinajstić information content (AvgIpc) is 2.20. The van der Waals surface area contributed by atoms with Crippen LogP contribution in [0.3, 0.4) is 0 Å². The van der Waals surface area contributed by atoms with Crippen molar-refractivity contribution in [1.82, 2.24) is 5.32 Å². The van der Waals surface area contributed by atoms with Crippen LogP contribution in [0.25, 0.3) is 0 Å². The molecule has 1 amide bonds. The molecule has 1 saturated heterocycles. The molecule has 1 aliphatic rings. The van der Waals surface area contributed by atoms with Crippen molar-refractivity contribution < 1.29 is 18.8 Å². The van der Waals surface area contributed by atoms with E-state index in [4.69, 9.17) is 9.16 Å². The van der Waals surface area contributed by atoms with Crippen LogP contribution in [0.1, 0.15) is 34.6 Å². The van der Waals surface area contributed by atoms with Crippen LogP contribution in [0.5, 0.6) is 0 Å². The zero-order valence-electron chi connectivity index (χ0n) is 12.9. The second-order valence-corrected chi connectivity index (χ2v) is 11.4. The quantitative estimate of drug-likeness (QED) is 0.487. The van der Waals surface area contributed by atoms with Crippen molar-refractivity contribution in [2.45, 2.75) is 71.0 Å². The number of carbonyl (C=O) groups excluding carboxylic acids is 2. The van der Waals surface area contributed by atoms with E-state index in [0.717, 1.165) is 0 Å². The smallest absolute Gasteiger partial charge is 0.303 e. The summed E-state index contributed by atoms with van der Waals surface area (Å²) < 4.78 is 11.2. The van der Waals surface area contributed by atoms with Crippen LogP contribution in [0.2, 0.25) is 18.1 Å². The van der Waals surface area contributed by atoms with E-state index in [0.29, 0.717) is 0 Å². The number of esters is 1. The third-order valence-electron chi connectivity index (χ3n) is 3.98. The standard InChI is InChI=1S/C13H25NO4Si/c1-8(18-19(6,7)13(3,4)5)10-11(12(16)14-10)17-9(2)15/h8,10-11H,1-7H3,(H,14,16)/t8-,10+,11-/m1/s1. The predicted molar refractivity (Wildman–Crippen MR) is 75.2 cm³/mol. The highest BCUT2D eigenvalue weighted by atomic mass is 28.4. The van der Waals surface area contributed by atoms with E-state index in [1.165, 1.54) is 6.92 Å². The van der Waals surface area contributed by atoms with Gasteiger partial charge in [0.05, 0.1) is 12.1 Å². The van der Waals surface area contributed by atoms with Crippen molar-refractivity contribution in [3.05, 3.63) is 0 Å². The first-order chi connectivity index (χ1) is 8.45. The summed E-state index contributed by atoms with van der Waals surface area (Å²) in [6.45, 7) is 14.0. The van der Waals surface area contributed by atoms with Gasteiger partial charge >= 0.3 is 5.97 Å². The molecule has 1 fully saturated rings. The summed E-state index contributed by atoms with van der Waals surface area (Å²) in [6.07, 6.45) is -0.875. The second kappa shape index (κ2) is 5.24. The molecule has 0 spiro atoms. The number of rotatable bonds is 4. The summed E-state index contributed by atoms with van der Waals surface area (Å²) in [5.41, 5.74) is 0. The Morgan fingerprint density at radius 2 is 1.89 bits per heavy atom. The van der Waals surface area contributed by atoms with Crippen molar-refractivity contribution in [2.24, 2.45) is 0 Å². The van der Waals surface area contributed by atoms with Crippen LogP contribution in [-0.4, -0.2) is 38.4 Å². The lowest BCUT2D eigenvalue weighted by Gasteiger charge is -2.44. The minimum atomic E-state index is -1.90. The van der Waals surface area contributed by atoms with Crippen molar-refractivity contribution in [3.63, 3.8) is 0 Å². The molecule has 5 nitrogen and oxygen atoms in total. The molecule has 0 aromatic carbocycles. The van der Waals surface area contributed by atoms with Gasteiger partial charge in [-0.2, -0.15) is 0 Å². The zero-order chi connectivity index (χ0) is 15.0. The molecule has 1 rings (SSSR count). The zero-order valence-corrected chi connectivity index (χ0v) is 13.9. The van der Waals surface area contributed by atoms with Gasteiger partial charge in [-0.1, -0.05) is 20.8 Å². The van der Waals surface area contributed by atoms with Crippen molar-refractivity contribution in [2.75, 3.05) is 0 Å². The van der Waals surface area contributed by atoms with Crippen LogP contribution in [0, 0.1) is 0 Å². The molecule has 0 unspecified atom stereocenters. The Balaban J connectivity index is 2.66. The topological polar surface area (TPSA) is 64.6 Å². The fourth-order valence-electron chi connectivity index (χ4n) is 1.77. The van der Waals surface area contributed by atoms with Crippen LogP contribution < -0.4 is 5.32 Å². The SMILES string of the molecule is CC(=O)O[C@H]1C(=O)N[C@H]1[C@@H](C)O[Si](C)(C)C(C)(C)C. The largest absolute Gasteiger partial charge is 0.450 e. The summed E-state index contributed by atoms with van der Waals surface area (Å²) in [5.74, 6) is -0.685. The van der Waals surface area contributed by atoms with Gasteiger partial charge in [-0.25, -0.2) is 0 Å². The third kappa shape index (κ3) is 3.57. The highest BCUT2D eigenvalue weighted by Crippen LogP contribution is 2.38. The first-order valence-electron chi connectivity index (χ1n) is 6.61. The summed E-state index contributed by atoms with van der Waals surface area (Å²) >= 11 is 0. The molecule has 0 aliphatic carbocycles. The van der Waals surface area contributed by atoms with E-state index in [2.05, 4.69) is 39.2 Å². The van der Waals surface area contributed by atoms with Crippen LogP contribution in [0.4, 0.5) is 0 Å². The van der Waals surface area contributed by atoms with E-state index >= 15 is 0 Å². The molecule has 0 saturated carbocycles. The summed E-state index contributed by atoms with van der Waals surface area (Å²) in [6, 6.07) is -0.245. The minimum absolute atomic E-state index is 0.103. The van der Waals surface area contributed by atoms with Gasteiger partial charge in [-0.05, 0) is 25.1 Å². The van der Waals surface area contributed by atoms with Gasteiger partial charge in [-0.15, -0.1) is 0 Å². The molecule has 110 valence electrons. The molecule has 1 aliphatic heterocycles. The van der Waals surface area contributed by atoms with Crippen LogP contribution in [0.15, 0.2) is 0 Å².